The third kappa shape index (κ3) is 4.82. The molecule has 0 amide bonds. The van der Waals surface area contributed by atoms with Gasteiger partial charge in [-0.3, -0.25) is 0 Å². The van der Waals surface area contributed by atoms with E-state index in [0.717, 1.165) is 0 Å². The second-order valence-corrected chi connectivity index (χ2v) is 15.4. The molecule has 0 heterocycles. The highest BCUT2D eigenvalue weighted by atomic mass is 28.3. The van der Waals surface area contributed by atoms with Crippen molar-refractivity contribution in [2.75, 3.05) is 0 Å². The fourth-order valence-corrected chi connectivity index (χ4v) is 7.15. The molecule has 0 aromatic rings. The summed E-state index contributed by atoms with van der Waals surface area (Å²) in [4.78, 5) is 0. The number of hydrogen-bond donors (Lipinski definition) is 0. The third-order valence-electron chi connectivity index (χ3n) is 3.05. The molecule has 0 atom stereocenters. The molecule has 0 bridgehead atoms. The Bertz CT molecular complexity index is 153. The molecule has 0 rings (SSSR count). The van der Waals surface area contributed by atoms with E-state index in [4.69, 9.17) is 0 Å². The van der Waals surface area contributed by atoms with Gasteiger partial charge < -0.3 is 0 Å². The van der Waals surface area contributed by atoms with Crippen molar-refractivity contribution in [2.24, 2.45) is 0 Å². The van der Waals surface area contributed by atoms with Crippen molar-refractivity contribution in [3.8, 4) is 0 Å². The Morgan fingerprint density at radius 2 is 1.15 bits per heavy atom. The van der Waals surface area contributed by atoms with Crippen LogP contribution in [-0.2, 0) is 0 Å². The van der Waals surface area contributed by atoms with Crippen LogP contribution in [0, 0.1) is 0 Å². The van der Waals surface area contributed by atoms with Gasteiger partial charge in [-0.2, -0.15) is 0 Å². The SMILES string of the molecule is CC[Si](/C=C/[Si](C)(C)C)(CC)CC. The molecule has 0 aliphatic heterocycles. The van der Waals surface area contributed by atoms with Gasteiger partial charge in [-0.15, -0.1) is 11.4 Å². The molecule has 0 aromatic carbocycles. The largest absolute Gasteiger partial charge is 0.103 e. The summed E-state index contributed by atoms with van der Waals surface area (Å²) in [5, 5.41) is 0. The van der Waals surface area contributed by atoms with Crippen LogP contribution >= 0.6 is 0 Å². The summed E-state index contributed by atoms with van der Waals surface area (Å²) in [5.74, 6) is 0. The maximum Gasteiger partial charge on any atom is 0.0761 e. The van der Waals surface area contributed by atoms with Crippen molar-refractivity contribution in [1.82, 2.24) is 0 Å². The second kappa shape index (κ2) is 5.15. The van der Waals surface area contributed by atoms with Crippen LogP contribution in [0.25, 0.3) is 0 Å². The molecule has 0 saturated heterocycles. The molecular formula is C11H26Si2. The molecule has 2 heteroatoms. The van der Waals surface area contributed by atoms with E-state index in [1.54, 1.807) is 0 Å². The maximum absolute atomic E-state index is 2.64. The lowest BCUT2D eigenvalue weighted by Crippen LogP contribution is -2.30. The molecule has 0 aliphatic rings. The van der Waals surface area contributed by atoms with Crippen LogP contribution in [0.3, 0.4) is 0 Å². The first-order chi connectivity index (χ1) is 5.89. The quantitative estimate of drug-likeness (QED) is 0.593. The zero-order valence-corrected chi connectivity index (χ0v) is 12.3. The summed E-state index contributed by atoms with van der Waals surface area (Å²) in [6, 6.07) is 4.25. The molecule has 0 saturated carbocycles. The normalized spacial score (nSPS) is 14.0. The van der Waals surface area contributed by atoms with Crippen molar-refractivity contribution < 1.29 is 0 Å². The summed E-state index contributed by atoms with van der Waals surface area (Å²) >= 11 is 0. The Morgan fingerprint density at radius 1 is 0.769 bits per heavy atom. The van der Waals surface area contributed by atoms with Gasteiger partial charge in [0.25, 0.3) is 0 Å². The van der Waals surface area contributed by atoms with Gasteiger partial charge in [0.05, 0.1) is 16.1 Å². The summed E-state index contributed by atoms with van der Waals surface area (Å²) in [6.45, 7) is 14.4. The van der Waals surface area contributed by atoms with Gasteiger partial charge in [0.15, 0.2) is 0 Å². The topological polar surface area (TPSA) is 0 Å². The molecule has 0 N–H and O–H groups in total. The molecule has 0 spiro atoms. The van der Waals surface area contributed by atoms with Crippen LogP contribution in [-0.4, -0.2) is 16.1 Å². The Labute approximate surface area is 86.5 Å². The summed E-state index contributed by atoms with van der Waals surface area (Å²) in [5.41, 5.74) is 5.20. The first-order valence-electron chi connectivity index (χ1n) is 5.59. The van der Waals surface area contributed by atoms with E-state index >= 15 is 0 Å². The monoisotopic (exact) mass is 214 g/mol. The Kier molecular flexibility index (Phi) is 5.22. The van der Waals surface area contributed by atoms with Crippen LogP contribution in [0.4, 0.5) is 0 Å². The van der Waals surface area contributed by atoms with E-state index in [2.05, 4.69) is 51.8 Å². The second-order valence-electron chi connectivity index (χ2n) is 5.12. The Morgan fingerprint density at radius 3 is 1.38 bits per heavy atom. The summed E-state index contributed by atoms with van der Waals surface area (Å²) in [7, 11) is -1.93. The lowest BCUT2D eigenvalue weighted by Gasteiger charge is -2.25. The molecule has 13 heavy (non-hydrogen) atoms. The molecule has 0 aromatic heterocycles. The van der Waals surface area contributed by atoms with Crippen LogP contribution in [0.5, 0.6) is 0 Å². The van der Waals surface area contributed by atoms with E-state index < -0.39 is 16.1 Å². The first kappa shape index (κ1) is 13.2. The smallest absolute Gasteiger partial charge is 0.0761 e. The van der Waals surface area contributed by atoms with E-state index in [1.807, 2.05) is 0 Å². The molecule has 0 aliphatic carbocycles. The van der Waals surface area contributed by atoms with Crippen LogP contribution in [0.1, 0.15) is 20.8 Å². The average molecular weight is 215 g/mol. The molecule has 0 unspecified atom stereocenters. The Hall–Kier alpha value is 0.174. The average Bonchev–Trinajstić information content (AvgIpc) is 2.06. The van der Waals surface area contributed by atoms with E-state index in [9.17, 15) is 0 Å². The first-order valence-corrected chi connectivity index (χ1v) is 11.9. The molecule has 78 valence electrons. The fourth-order valence-electron chi connectivity index (χ4n) is 1.53. The predicted octanol–water partition coefficient (Wildman–Crippen LogP) is 4.47. The molecule has 0 fully saturated rings. The van der Waals surface area contributed by atoms with E-state index in [1.165, 1.54) is 18.1 Å². The summed E-state index contributed by atoms with van der Waals surface area (Å²) < 4.78 is 0. The minimum atomic E-state index is -0.973. The fraction of sp³-hybridized carbons (Fsp3) is 0.818. The van der Waals surface area contributed by atoms with Crippen molar-refractivity contribution in [3.63, 3.8) is 0 Å². The standard InChI is InChI=1S/C11H26Si2/c1-7-13(8-2,9-3)11-10-12(4,5)6/h10-11H,7-9H2,1-6H3/b11-10+. The van der Waals surface area contributed by atoms with Crippen LogP contribution in [0.15, 0.2) is 11.4 Å². The van der Waals surface area contributed by atoms with E-state index in [0.29, 0.717) is 0 Å². The van der Waals surface area contributed by atoms with Crippen LogP contribution < -0.4 is 0 Å². The zero-order chi connectivity index (χ0) is 10.5. The highest BCUT2D eigenvalue weighted by Crippen LogP contribution is 2.22. The van der Waals surface area contributed by atoms with Gasteiger partial charge in [0.1, 0.15) is 0 Å². The summed E-state index contributed by atoms with van der Waals surface area (Å²) in [6.07, 6.45) is 0. The van der Waals surface area contributed by atoms with Crippen molar-refractivity contribution >= 4 is 16.1 Å². The van der Waals surface area contributed by atoms with Gasteiger partial charge in [0, 0.05) is 0 Å². The van der Waals surface area contributed by atoms with Crippen molar-refractivity contribution in [1.29, 1.82) is 0 Å². The lowest BCUT2D eigenvalue weighted by atomic mass is 10.9. The highest BCUT2D eigenvalue weighted by molar-refractivity contribution is 6.88. The zero-order valence-electron chi connectivity index (χ0n) is 10.3. The lowest BCUT2D eigenvalue weighted by molar-refractivity contribution is 1.19. The minimum Gasteiger partial charge on any atom is -0.103 e. The third-order valence-corrected chi connectivity index (χ3v) is 9.65. The molecule has 0 radical (unpaired) electrons. The Balaban J connectivity index is 4.51. The van der Waals surface area contributed by atoms with Crippen molar-refractivity contribution in [3.05, 3.63) is 11.4 Å². The van der Waals surface area contributed by atoms with Gasteiger partial charge in [-0.1, -0.05) is 58.5 Å². The van der Waals surface area contributed by atoms with Crippen LogP contribution in [0.2, 0.25) is 37.8 Å². The van der Waals surface area contributed by atoms with Crippen molar-refractivity contribution in [2.45, 2.75) is 58.5 Å². The molecular weight excluding hydrogens is 188 g/mol. The minimum absolute atomic E-state index is 0.962. The highest BCUT2D eigenvalue weighted by Gasteiger charge is 2.23. The number of hydrogen-bond acceptors (Lipinski definition) is 0. The van der Waals surface area contributed by atoms with Gasteiger partial charge >= 0.3 is 0 Å². The molecule has 0 nitrogen and oxygen atoms in total. The van der Waals surface area contributed by atoms with Gasteiger partial charge in [0.2, 0.25) is 0 Å². The van der Waals surface area contributed by atoms with Gasteiger partial charge in [-0.25, -0.2) is 0 Å². The van der Waals surface area contributed by atoms with Gasteiger partial charge in [-0.05, 0) is 0 Å². The maximum atomic E-state index is 2.64. The predicted molar refractivity (Wildman–Crippen MR) is 69.7 cm³/mol. The van der Waals surface area contributed by atoms with E-state index in [-0.39, 0.29) is 0 Å². The number of rotatable bonds is 5.